The minimum absolute atomic E-state index is 0.0853. The Kier molecular flexibility index (Phi) is 5.30. The van der Waals surface area contributed by atoms with E-state index in [9.17, 15) is 15.2 Å². The molecule has 0 saturated carbocycles. The van der Waals surface area contributed by atoms with Gasteiger partial charge in [-0.1, -0.05) is 36.4 Å². The second-order valence-electron chi connectivity index (χ2n) is 7.16. The summed E-state index contributed by atoms with van der Waals surface area (Å²) in [5.74, 6) is -0.803. The van der Waals surface area contributed by atoms with Gasteiger partial charge in [0, 0.05) is 5.39 Å². The van der Waals surface area contributed by atoms with Gasteiger partial charge in [-0.3, -0.25) is 0 Å². The molecule has 0 aliphatic rings. The van der Waals surface area contributed by atoms with Crippen LogP contribution in [0.3, 0.4) is 0 Å². The molecule has 5 aromatic rings. The van der Waals surface area contributed by atoms with Crippen molar-refractivity contribution < 1.29 is 14.6 Å². The van der Waals surface area contributed by atoms with Crippen LogP contribution < -0.4 is 0 Å². The van der Waals surface area contributed by atoms with Gasteiger partial charge in [0.15, 0.2) is 11.6 Å². The summed E-state index contributed by atoms with van der Waals surface area (Å²) in [6.45, 7) is -0.468. The number of para-hydroxylation sites is 3. The van der Waals surface area contributed by atoms with Gasteiger partial charge in [-0.15, -0.1) is 11.3 Å². The average molecular weight is 452 g/mol. The predicted octanol–water partition coefficient (Wildman–Crippen LogP) is 5.49. The number of H-pyrrole nitrogens is 1. The van der Waals surface area contributed by atoms with E-state index in [0.717, 1.165) is 10.4 Å². The molecule has 2 aromatic carbocycles. The lowest BCUT2D eigenvalue weighted by atomic mass is 10.1. The Morgan fingerprint density at radius 2 is 1.85 bits per heavy atom. The van der Waals surface area contributed by atoms with Gasteiger partial charge in [0.25, 0.3) is 0 Å². The number of allylic oxidation sites excluding steroid dienone is 1. The number of carbonyl (C=O) groups is 1. The van der Waals surface area contributed by atoms with E-state index >= 15 is 0 Å². The molecule has 160 valence electrons. The third kappa shape index (κ3) is 3.93. The maximum atomic E-state index is 13.0. The largest absolute Gasteiger partial charge is 0.507 e. The van der Waals surface area contributed by atoms with Gasteiger partial charge in [0.2, 0.25) is 0 Å². The van der Waals surface area contributed by atoms with Crippen LogP contribution in [0.2, 0.25) is 0 Å². The molecular weight excluding hydrogens is 436 g/mol. The number of aromatic amines is 1. The molecule has 7 nitrogen and oxygen atoms in total. The van der Waals surface area contributed by atoms with E-state index in [2.05, 4.69) is 15.0 Å². The van der Waals surface area contributed by atoms with E-state index in [0.29, 0.717) is 27.7 Å². The number of nitrogens with zero attached hydrogens (tertiary/aromatic N) is 3. The van der Waals surface area contributed by atoms with E-state index in [1.807, 2.05) is 60.0 Å². The highest BCUT2D eigenvalue weighted by atomic mass is 32.1. The molecule has 0 spiro atoms. The number of imidazole rings is 1. The van der Waals surface area contributed by atoms with E-state index in [4.69, 9.17) is 4.74 Å². The molecule has 0 amide bonds. The van der Waals surface area contributed by atoms with Crippen molar-refractivity contribution in [2.45, 2.75) is 0 Å². The topological polar surface area (TPSA) is 112 Å². The average Bonchev–Trinajstić information content (AvgIpc) is 3.52. The van der Waals surface area contributed by atoms with Crippen molar-refractivity contribution >= 4 is 44.8 Å². The molecule has 5 rings (SSSR count). The van der Waals surface area contributed by atoms with Gasteiger partial charge in [0.1, 0.15) is 18.2 Å². The highest BCUT2D eigenvalue weighted by molar-refractivity contribution is 7.13. The van der Waals surface area contributed by atoms with Crippen molar-refractivity contribution in [3.8, 4) is 16.6 Å². The van der Waals surface area contributed by atoms with Gasteiger partial charge in [-0.25, -0.2) is 14.8 Å². The maximum Gasteiger partial charge on any atom is 0.339 e. The summed E-state index contributed by atoms with van der Waals surface area (Å²) in [5, 5.41) is 22.7. The maximum absolute atomic E-state index is 13.0. The molecule has 0 radical (unpaired) electrons. The summed E-state index contributed by atoms with van der Waals surface area (Å²) in [6.07, 6.45) is 0. The Hall–Kier alpha value is -4.48. The minimum Gasteiger partial charge on any atom is -0.507 e. The fourth-order valence-electron chi connectivity index (χ4n) is 3.50. The lowest BCUT2D eigenvalue weighted by Gasteiger charge is -2.10. The number of esters is 1. The fourth-order valence-corrected chi connectivity index (χ4v) is 4.19. The summed E-state index contributed by atoms with van der Waals surface area (Å²) in [7, 11) is 0. The van der Waals surface area contributed by atoms with E-state index in [-0.39, 0.29) is 17.2 Å². The molecule has 2 N–H and O–H groups in total. The smallest absolute Gasteiger partial charge is 0.339 e. The van der Waals surface area contributed by atoms with E-state index in [1.54, 1.807) is 18.2 Å². The van der Waals surface area contributed by atoms with Crippen LogP contribution in [0.25, 0.3) is 38.1 Å². The highest BCUT2D eigenvalue weighted by Gasteiger charge is 2.18. The number of carbonyl (C=O) groups excluding carboxylic acids is 1. The number of nitriles is 1. The number of benzene rings is 2. The molecule has 0 atom stereocenters. The number of aliphatic hydroxyl groups excluding tert-OH is 1. The van der Waals surface area contributed by atoms with Gasteiger partial charge >= 0.3 is 5.97 Å². The van der Waals surface area contributed by atoms with Gasteiger partial charge in [-0.2, -0.15) is 5.26 Å². The predicted molar refractivity (Wildman–Crippen MR) is 127 cm³/mol. The third-order valence-electron chi connectivity index (χ3n) is 5.08. The van der Waals surface area contributed by atoms with Crippen molar-refractivity contribution in [3.05, 3.63) is 89.3 Å². The van der Waals surface area contributed by atoms with Crippen molar-refractivity contribution in [2.75, 3.05) is 6.61 Å². The van der Waals surface area contributed by atoms with Crippen LogP contribution in [-0.2, 0) is 4.74 Å². The lowest BCUT2D eigenvalue weighted by Crippen LogP contribution is -2.10. The Balaban J connectivity index is 1.45. The third-order valence-corrected chi connectivity index (χ3v) is 5.97. The molecule has 0 unspecified atom stereocenters. The van der Waals surface area contributed by atoms with Crippen molar-refractivity contribution in [3.63, 3.8) is 0 Å². The van der Waals surface area contributed by atoms with Crippen LogP contribution in [-0.4, -0.2) is 32.6 Å². The monoisotopic (exact) mass is 452 g/mol. The molecule has 0 fully saturated rings. The SMILES string of the molecule is N#C/C(=C(/O)COC(=O)c1cc(-c2cccs2)nc2ccccc12)c1nc2ccccc2[nH]1. The lowest BCUT2D eigenvalue weighted by molar-refractivity contribution is 0.0505. The van der Waals surface area contributed by atoms with Gasteiger partial charge in [0.05, 0.1) is 32.7 Å². The molecule has 3 aromatic heterocycles. The summed E-state index contributed by atoms with van der Waals surface area (Å²) in [4.78, 5) is 25.9. The number of aromatic nitrogens is 3. The van der Waals surface area contributed by atoms with Crippen LogP contribution in [0.5, 0.6) is 0 Å². The number of hydrogen-bond donors (Lipinski definition) is 2. The van der Waals surface area contributed by atoms with Gasteiger partial charge in [-0.05, 0) is 35.7 Å². The number of aliphatic hydroxyl groups is 1. The highest BCUT2D eigenvalue weighted by Crippen LogP contribution is 2.28. The molecule has 3 heterocycles. The Bertz CT molecular complexity index is 1530. The Labute approximate surface area is 192 Å². The summed E-state index contributed by atoms with van der Waals surface area (Å²) in [6, 6.07) is 22.0. The first-order chi connectivity index (χ1) is 16.1. The van der Waals surface area contributed by atoms with Crippen LogP contribution in [0.15, 0.2) is 77.9 Å². The summed E-state index contributed by atoms with van der Waals surface area (Å²) < 4.78 is 5.38. The second-order valence-corrected chi connectivity index (χ2v) is 8.11. The van der Waals surface area contributed by atoms with Crippen LogP contribution in [0, 0.1) is 11.3 Å². The number of rotatable bonds is 5. The second kappa shape index (κ2) is 8.57. The van der Waals surface area contributed by atoms with Gasteiger partial charge < -0.3 is 14.8 Å². The number of nitrogens with one attached hydrogen (secondary N) is 1. The first-order valence-electron chi connectivity index (χ1n) is 10.0. The zero-order chi connectivity index (χ0) is 22.8. The summed E-state index contributed by atoms with van der Waals surface area (Å²) in [5.41, 5.74) is 2.96. The molecule has 0 aliphatic heterocycles. The molecule has 0 bridgehead atoms. The standard InChI is InChI=1S/C25H16N4O3S/c26-13-17(24-28-19-8-3-4-9-20(19)29-24)22(30)14-32-25(31)16-12-21(23-10-5-11-33-23)27-18-7-2-1-6-15(16)18/h1-12,30H,14H2,(H,28,29)/b22-17-. The number of fused-ring (bicyclic) bond motifs is 2. The zero-order valence-electron chi connectivity index (χ0n) is 17.1. The molecule has 0 aliphatic carbocycles. The van der Waals surface area contributed by atoms with Crippen LogP contribution >= 0.6 is 11.3 Å². The number of hydrogen-bond acceptors (Lipinski definition) is 7. The molecule has 8 heteroatoms. The summed E-state index contributed by atoms with van der Waals surface area (Å²) >= 11 is 1.52. The first-order valence-corrected chi connectivity index (χ1v) is 10.9. The quantitative estimate of drug-likeness (QED) is 0.207. The minimum atomic E-state index is -0.625. The van der Waals surface area contributed by atoms with Crippen LogP contribution in [0.1, 0.15) is 16.2 Å². The number of thiophene rings is 1. The normalized spacial score (nSPS) is 11.8. The van der Waals surface area contributed by atoms with Crippen LogP contribution in [0.4, 0.5) is 0 Å². The fraction of sp³-hybridized carbons (Fsp3) is 0.0400. The van der Waals surface area contributed by atoms with E-state index in [1.165, 1.54) is 11.3 Å². The molecule has 0 saturated heterocycles. The zero-order valence-corrected chi connectivity index (χ0v) is 18.0. The Morgan fingerprint density at radius 3 is 2.61 bits per heavy atom. The van der Waals surface area contributed by atoms with Crippen molar-refractivity contribution in [2.24, 2.45) is 0 Å². The molecule has 33 heavy (non-hydrogen) atoms. The number of ether oxygens (including phenoxy) is 1. The van der Waals surface area contributed by atoms with E-state index < -0.39 is 12.6 Å². The first kappa shape index (κ1) is 20.4. The number of pyridine rings is 1. The Morgan fingerprint density at radius 1 is 1.06 bits per heavy atom. The van der Waals surface area contributed by atoms with Crippen molar-refractivity contribution in [1.29, 1.82) is 5.26 Å². The van der Waals surface area contributed by atoms with Crippen molar-refractivity contribution in [1.82, 2.24) is 15.0 Å². The molecular formula is C25H16N4O3S.